The van der Waals surface area contributed by atoms with Crippen LogP contribution in [0.3, 0.4) is 0 Å². The normalized spacial score (nSPS) is 13.8. The number of carbonyl (C=O) groups excluding carboxylic acids is 3. The number of aryl methyl sites for hydroxylation is 1. The van der Waals surface area contributed by atoms with E-state index in [1.165, 1.54) is 37.3 Å². The molecule has 5 rings (SSSR count). The molecule has 4 aromatic rings. The summed E-state index contributed by atoms with van der Waals surface area (Å²) >= 11 is 0. The van der Waals surface area contributed by atoms with Crippen LogP contribution >= 0.6 is 0 Å². The van der Waals surface area contributed by atoms with Gasteiger partial charge in [-0.15, -0.1) is 0 Å². The van der Waals surface area contributed by atoms with Gasteiger partial charge in [-0.3, -0.25) is 14.4 Å². The number of hydrogen-bond acceptors (Lipinski definition) is 7. The third-order valence-corrected chi connectivity index (χ3v) is 8.84. The number of piperazine rings is 1. The van der Waals surface area contributed by atoms with E-state index in [0.29, 0.717) is 30.9 Å². The van der Waals surface area contributed by atoms with E-state index in [1.807, 2.05) is 24.0 Å². The van der Waals surface area contributed by atoms with Crippen LogP contribution in [-0.2, 0) is 11.0 Å². The average molecular weight is 695 g/mol. The Balaban J connectivity index is 1.33. The number of imidazole rings is 1. The van der Waals surface area contributed by atoms with Crippen molar-refractivity contribution in [2.24, 2.45) is 5.73 Å². The topological polar surface area (TPSA) is 134 Å². The number of alkyl halides is 3. The van der Waals surface area contributed by atoms with Gasteiger partial charge in [0.2, 0.25) is 11.7 Å². The van der Waals surface area contributed by atoms with E-state index in [2.05, 4.69) is 21.9 Å². The van der Waals surface area contributed by atoms with Gasteiger partial charge in [0.05, 0.1) is 41.6 Å². The van der Waals surface area contributed by atoms with Gasteiger partial charge in [0.25, 0.3) is 11.8 Å². The maximum Gasteiger partial charge on any atom is 0.449 e. The Bertz CT molecular complexity index is 1880. The number of aromatic nitrogens is 2. The van der Waals surface area contributed by atoms with Gasteiger partial charge in [-0.25, -0.2) is 4.98 Å². The molecule has 0 spiro atoms. The van der Waals surface area contributed by atoms with Crippen LogP contribution in [-0.4, -0.2) is 91.5 Å². The molecular formula is C36H41F3N6O5. The first-order chi connectivity index (χ1) is 23.8. The molecule has 0 aliphatic carbocycles. The summed E-state index contributed by atoms with van der Waals surface area (Å²) in [7, 11) is 4.87. The Labute approximate surface area is 288 Å². The molecule has 2 heterocycles. The van der Waals surface area contributed by atoms with Crippen molar-refractivity contribution < 1.29 is 37.0 Å². The van der Waals surface area contributed by atoms with E-state index in [9.17, 15) is 27.6 Å². The molecule has 3 aromatic carbocycles. The summed E-state index contributed by atoms with van der Waals surface area (Å²) in [6.07, 6.45) is -1.96. The zero-order valence-corrected chi connectivity index (χ0v) is 28.5. The molecule has 1 aliphatic rings. The zero-order chi connectivity index (χ0) is 36.2. The van der Waals surface area contributed by atoms with Gasteiger partial charge in [0.1, 0.15) is 11.5 Å². The number of anilines is 1. The number of likely N-dealkylation sites (N-methyl/N-ethyl adjacent to an activating group) is 1. The van der Waals surface area contributed by atoms with Crippen molar-refractivity contribution in [1.29, 1.82) is 0 Å². The molecule has 3 N–H and O–H groups in total. The first-order valence-electron chi connectivity index (χ1n) is 16.3. The molecule has 0 bridgehead atoms. The minimum atomic E-state index is -4.71. The lowest BCUT2D eigenvalue weighted by Gasteiger charge is -2.32. The number of ether oxygens (including phenoxy) is 2. The summed E-state index contributed by atoms with van der Waals surface area (Å²) in [4.78, 5) is 50.9. The Kier molecular flexibility index (Phi) is 11.0. The number of hydrogen-bond donors (Lipinski definition) is 2. The lowest BCUT2D eigenvalue weighted by Crippen LogP contribution is -2.47. The molecule has 1 fully saturated rings. The molecule has 14 heteroatoms. The predicted octanol–water partition coefficient (Wildman–Crippen LogP) is 5.65. The summed E-state index contributed by atoms with van der Waals surface area (Å²) in [6, 6.07) is 12.8. The molecule has 0 atom stereocenters. The lowest BCUT2D eigenvalue weighted by atomic mass is 9.95. The van der Waals surface area contributed by atoms with Crippen LogP contribution in [0.4, 0.5) is 18.9 Å². The average Bonchev–Trinajstić information content (AvgIpc) is 3.54. The first-order valence-corrected chi connectivity index (χ1v) is 16.3. The van der Waals surface area contributed by atoms with Crippen LogP contribution in [0.15, 0.2) is 48.5 Å². The summed E-state index contributed by atoms with van der Waals surface area (Å²) < 4.78 is 52.1. The van der Waals surface area contributed by atoms with Crippen LogP contribution < -0.4 is 20.1 Å². The van der Waals surface area contributed by atoms with Gasteiger partial charge in [0, 0.05) is 50.8 Å². The van der Waals surface area contributed by atoms with E-state index in [4.69, 9.17) is 15.2 Å². The molecule has 3 amide bonds. The molecule has 0 saturated carbocycles. The summed E-state index contributed by atoms with van der Waals surface area (Å²) in [6.45, 7) is 5.55. The maximum absolute atomic E-state index is 14.0. The van der Waals surface area contributed by atoms with E-state index in [-0.39, 0.29) is 44.9 Å². The molecule has 0 unspecified atom stereocenters. The van der Waals surface area contributed by atoms with E-state index in [0.717, 1.165) is 44.6 Å². The molecule has 50 heavy (non-hydrogen) atoms. The number of fused-ring (bicyclic) bond motifs is 1. The third kappa shape index (κ3) is 7.85. The number of nitrogens with zero attached hydrogens (tertiary/aromatic N) is 4. The van der Waals surface area contributed by atoms with Gasteiger partial charge in [-0.2, -0.15) is 13.2 Å². The van der Waals surface area contributed by atoms with Gasteiger partial charge < -0.3 is 34.9 Å². The number of amides is 3. The third-order valence-electron chi connectivity index (χ3n) is 8.84. The Morgan fingerprint density at radius 2 is 1.74 bits per heavy atom. The molecule has 1 saturated heterocycles. The largest absolute Gasteiger partial charge is 0.495 e. The van der Waals surface area contributed by atoms with Gasteiger partial charge >= 0.3 is 6.18 Å². The molecule has 0 radical (unpaired) electrons. The van der Waals surface area contributed by atoms with Crippen LogP contribution in [0.5, 0.6) is 11.5 Å². The smallest absolute Gasteiger partial charge is 0.449 e. The second-order valence-corrected chi connectivity index (χ2v) is 12.4. The van der Waals surface area contributed by atoms with E-state index < -0.39 is 23.8 Å². The Hall–Kier alpha value is -5.11. The maximum atomic E-state index is 14.0. The summed E-state index contributed by atoms with van der Waals surface area (Å²) in [5, 5.41) is 0. The summed E-state index contributed by atoms with van der Waals surface area (Å²) in [5.41, 5.74) is 7.48. The van der Waals surface area contributed by atoms with Crippen molar-refractivity contribution in [2.45, 2.75) is 38.8 Å². The highest BCUT2D eigenvalue weighted by molar-refractivity contribution is 6.15. The monoisotopic (exact) mass is 694 g/mol. The Morgan fingerprint density at radius 1 is 1.00 bits per heavy atom. The standard InChI is InChI=1S/C36H41F3N6O5/c1-22-12-15-27(28(21-22)50-20-7-5-6-11-29(46)45-18-16-43(2)17-19-45)44(3)34(48)25-14-13-24(32(49-4)30(25)33(40)47)23-9-8-10-26-31(23)42-35(41-26)36(37,38)39/h8-10,12-15,21H,5-7,11,16-20H2,1-4H3,(H2,40,47)(H,41,42). The molecular weight excluding hydrogens is 653 g/mol. The van der Waals surface area contributed by atoms with Gasteiger partial charge in [0.15, 0.2) is 0 Å². The molecule has 266 valence electrons. The highest BCUT2D eigenvalue weighted by atomic mass is 19.4. The van der Waals surface area contributed by atoms with Crippen molar-refractivity contribution in [3.05, 3.63) is 71.0 Å². The van der Waals surface area contributed by atoms with Crippen molar-refractivity contribution in [1.82, 2.24) is 19.8 Å². The van der Waals surface area contributed by atoms with Crippen LogP contribution in [0.25, 0.3) is 22.2 Å². The quantitative estimate of drug-likeness (QED) is 0.183. The number of methoxy groups -OCH3 is 1. The fourth-order valence-corrected chi connectivity index (χ4v) is 6.07. The van der Waals surface area contributed by atoms with Crippen molar-refractivity contribution in [3.8, 4) is 22.6 Å². The summed E-state index contributed by atoms with van der Waals surface area (Å²) in [5.74, 6) is -2.16. The minimum Gasteiger partial charge on any atom is -0.495 e. The van der Waals surface area contributed by atoms with Gasteiger partial charge in [-0.05, 0) is 69.1 Å². The van der Waals surface area contributed by atoms with Crippen LogP contribution in [0.2, 0.25) is 0 Å². The lowest BCUT2D eigenvalue weighted by molar-refractivity contribution is -0.144. The van der Waals surface area contributed by atoms with E-state index in [1.54, 1.807) is 18.2 Å². The Morgan fingerprint density at radius 3 is 2.42 bits per heavy atom. The number of nitrogens with one attached hydrogen (secondary N) is 1. The number of carbonyl (C=O) groups is 3. The van der Waals surface area contributed by atoms with Crippen molar-refractivity contribution in [3.63, 3.8) is 0 Å². The number of rotatable bonds is 12. The second kappa shape index (κ2) is 15.2. The SMILES string of the molecule is COc1c(-c2cccc3[nH]c(C(F)(F)F)nc23)ccc(C(=O)N(C)c2ccc(C)cc2OCCCCCC(=O)N2CCN(C)CC2)c1C(N)=O. The fourth-order valence-electron chi connectivity index (χ4n) is 6.07. The number of aromatic amines is 1. The number of primary amides is 1. The van der Waals surface area contributed by atoms with E-state index >= 15 is 0 Å². The number of nitrogens with two attached hydrogens (primary N) is 1. The first kappa shape index (κ1) is 36.2. The number of halogens is 3. The predicted molar refractivity (Wildman–Crippen MR) is 184 cm³/mol. The highest BCUT2D eigenvalue weighted by Crippen LogP contribution is 2.40. The number of para-hydroxylation sites is 1. The molecule has 1 aromatic heterocycles. The zero-order valence-electron chi connectivity index (χ0n) is 28.5. The van der Waals surface area contributed by atoms with Gasteiger partial charge in [-0.1, -0.05) is 18.2 Å². The van der Waals surface area contributed by atoms with Crippen molar-refractivity contribution >= 4 is 34.4 Å². The molecule has 11 nitrogen and oxygen atoms in total. The number of benzene rings is 3. The number of H-pyrrole nitrogens is 1. The number of unbranched alkanes of at least 4 members (excludes halogenated alkanes) is 2. The second-order valence-electron chi connectivity index (χ2n) is 12.4. The minimum absolute atomic E-state index is 0.00724. The van der Waals surface area contributed by atoms with Crippen molar-refractivity contribution in [2.75, 3.05) is 58.9 Å². The molecule has 1 aliphatic heterocycles. The van der Waals surface area contributed by atoms with Crippen LogP contribution in [0, 0.1) is 6.92 Å². The highest BCUT2D eigenvalue weighted by Gasteiger charge is 2.35. The fraction of sp³-hybridized carbons (Fsp3) is 0.389. The van der Waals surface area contributed by atoms with Crippen LogP contribution in [0.1, 0.15) is 57.8 Å².